The summed E-state index contributed by atoms with van der Waals surface area (Å²) in [5.41, 5.74) is -1.97. The monoisotopic (exact) mass is 520 g/mol. The van der Waals surface area contributed by atoms with Crippen LogP contribution in [-0.2, 0) is 15.7 Å². The van der Waals surface area contributed by atoms with Gasteiger partial charge in [0.05, 0.1) is 17.8 Å². The number of nitrogens with zero attached hydrogens (tertiary/aromatic N) is 1. The van der Waals surface area contributed by atoms with E-state index >= 15 is 0 Å². The summed E-state index contributed by atoms with van der Waals surface area (Å²) in [6.07, 6.45) is -6.43. The van der Waals surface area contributed by atoms with Gasteiger partial charge in [0.25, 0.3) is 0 Å². The lowest BCUT2D eigenvalue weighted by Gasteiger charge is -2.24. The Balaban J connectivity index is 2.13. The summed E-state index contributed by atoms with van der Waals surface area (Å²) < 4.78 is 53.3. The molecule has 0 bridgehead atoms. The first-order chi connectivity index (χ1) is 14.5. The molecule has 1 saturated heterocycles. The van der Waals surface area contributed by atoms with Crippen LogP contribution in [0.25, 0.3) is 0 Å². The van der Waals surface area contributed by atoms with E-state index in [0.29, 0.717) is 19.0 Å². The van der Waals surface area contributed by atoms with Gasteiger partial charge in [-0.05, 0) is 39.0 Å². The van der Waals surface area contributed by atoms with Crippen LogP contribution >= 0.6 is 34.8 Å². The fourth-order valence-electron chi connectivity index (χ4n) is 2.70. The summed E-state index contributed by atoms with van der Waals surface area (Å²) in [4.78, 5) is 25.6. The number of likely N-dealkylation sites (tertiary alicyclic amines) is 1. The van der Waals surface area contributed by atoms with E-state index in [-0.39, 0.29) is 18.0 Å². The number of benzene rings is 1. The quantitative estimate of drug-likeness (QED) is 0.491. The number of halogens is 6. The van der Waals surface area contributed by atoms with Crippen LogP contribution in [-0.4, -0.2) is 52.3 Å². The van der Waals surface area contributed by atoms with E-state index in [2.05, 4.69) is 5.32 Å². The van der Waals surface area contributed by atoms with Crippen molar-refractivity contribution in [3.63, 3.8) is 0 Å². The average Bonchev–Trinajstić information content (AvgIpc) is 3.07. The molecular formula is C19H22Cl3F3N2O5. The van der Waals surface area contributed by atoms with Crippen LogP contribution < -0.4 is 10.1 Å². The van der Waals surface area contributed by atoms with E-state index in [1.807, 2.05) is 0 Å². The van der Waals surface area contributed by atoms with Crippen LogP contribution in [0.1, 0.15) is 32.8 Å². The molecule has 180 valence electrons. The van der Waals surface area contributed by atoms with Gasteiger partial charge in [0.2, 0.25) is 3.79 Å². The van der Waals surface area contributed by atoms with Crippen molar-refractivity contribution >= 4 is 52.7 Å². The minimum absolute atomic E-state index is 0.0418. The summed E-state index contributed by atoms with van der Waals surface area (Å²) in [5.74, 6) is -0.0418. The van der Waals surface area contributed by atoms with Gasteiger partial charge in [0.15, 0.2) is 0 Å². The first-order valence-electron chi connectivity index (χ1n) is 9.40. The summed E-state index contributed by atoms with van der Waals surface area (Å²) in [6.45, 7) is 5.08. The largest absolute Gasteiger partial charge is 0.486 e. The average molecular weight is 522 g/mol. The van der Waals surface area contributed by atoms with E-state index in [1.54, 1.807) is 20.8 Å². The summed E-state index contributed by atoms with van der Waals surface area (Å²) in [5, 5.41) is 2.17. The van der Waals surface area contributed by atoms with E-state index in [1.165, 1.54) is 4.90 Å². The van der Waals surface area contributed by atoms with E-state index in [9.17, 15) is 22.8 Å². The van der Waals surface area contributed by atoms with Gasteiger partial charge in [-0.15, -0.1) is 0 Å². The molecule has 13 heteroatoms. The molecule has 1 aliphatic rings. The lowest BCUT2D eigenvalue weighted by atomic mass is 10.1. The first-order valence-corrected chi connectivity index (χ1v) is 10.5. The summed E-state index contributed by atoms with van der Waals surface area (Å²) in [6, 6.07) is 2.59. The SMILES string of the molecule is CC(C)(C)OC(=O)N1CCC(Oc2ccc(C(F)(F)F)cc2NC(=O)OCC(Cl)(Cl)Cl)C1. The highest BCUT2D eigenvalue weighted by molar-refractivity contribution is 6.67. The molecule has 7 nitrogen and oxygen atoms in total. The molecule has 0 saturated carbocycles. The van der Waals surface area contributed by atoms with Gasteiger partial charge >= 0.3 is 18.4 Å². The van der Waals surface area contributed by atoms with Crippen LogP contribution in [0.5, 0.6) is 5.75 Å². The molecule has 1 N–H and O–H groups in total. The van der Waals surface area contributed by atoms with Gasteiger partial charge in [-0.25, -0.2) is 9.59 Å². The van der Waals surface area contributed by atoms with Gasteiger partial charge in [0.1, 0.15) is 24.1 Å². The molecule has 32 heavy (non-hydrogen) atoms. The predicted molar refractivity (Wildman–Crippen MR) is 114 cm³/mol. The zero-order valence-electron chi connectivity index (χ0n) is 17.4. The molecule has 1 unspecified atom stereocenters. The van der Waals surface area contributed by atoms with Gasteiger partial charge in [-0.3, -0.25) is 5.32 Å². The minimum atomic E-state index is -4.66. The molecule has 1 aromatic rings. The summed E-state index contributed by atoms with van der Waals surface area (Å²) in [7, 11) is 0. The standard InChI is InChI=1S/C19H22Cl3F3N2O5/c1-17(2,3)32-16(29)27-7-6-12(9-27)31-14-5-4-11(19(23,24)25)8-13(14)26-15(28)30-10-18(20,21)22/h4-5,8,12H,6-7,9-10H2,1-3H3,(H,26,28). The van der Waals surface area contributed by atoms with E-state index < -0.39 is 46.0 Å². The van der Waals surface area contributed by atoms with Crippen molar-refractivity contribution in [1.29, 1.82) is 0 Å². The van der Waals surface area contributed by atoms with Crippen LogP contribution in [0.3, 0.4) is 0 Å². The minimum Gasteiger partial charge on any atom is -0.486 e. The van der Waals surface area contributed by atoms with Gasteiger partial charge < -0.3 is 19.1 Å². The third-order valence-electron chi connectivity index (χ3n) is 4.00. The Morgan fingerprint density at radius 2 is 1.84 bits per heavy atom. The number of anilines is 1. The van der Waals surface area contributed by atoms with Crippen molar-refractivity contribution < 1.29 is 37.0 Å². The number of carbonyl (C=O) groups is 2. The van der Waals surface area contributed by atoms with Crippen molar-refractivity contribution in [3.05, 3.63) is 23.8 Å². The Kier molecular flexibility index (Phi) is 8.28. The number of hydrogen-bond acceptors (Lipinski definition) is 5. The molecule has 1 aliphatic heterocycles. The zero-order chi connectivity index (χ0) is 24.3. The third kappa shape index (κ3) is 8.63. The lowest BCUT2D eigenvalue weighted by Crippen LogP contribution is -2.36. The maximum absolute atomic E-state index is 13.1. The Hall–Kier alpha value is -1.78. The van der Waals surface area contributed by atoms with Crippen LogP contribution in [0.4, 0.5) is 28.4 Å². The smallest absolute Gasteiger partial charge is 0.416 e. The number of rotatable bonds is 4. The second-order valence-electron chi connectivity index (χ2n) is 7.98. The van der Waals surface area contributed by atoms with Gasteiger partial charge in [-0.2, -0.15) is 13.2 Å². The number of carbonyl (C=O) groups excluding carboxylic acids is 2. The maximum Gasteiger partial charge on any atom is 0.416 e. The van der Waals surface area contributed by atoms with Crippen molar-refractivity contribution in [2.45, 2.75) is 48.9 Å². The highest BCUT2D eigenvalue weighted by atomic mass is 35.6. The molecule has 0 aromatic heterocycles. The van der Waals surface area contributed by atoms with Crippen LogP contribution in [0, 0.1) is 0 Å². The molecule has 1 aromatic carbocycles. The Morgan fingerprint density at radius 1 is 1.19 bits per heavy atom. The van der Waals surface area contributed by atoms with E-state index in [4.69, 9.17) is 49.0 Å². The predicted octanol–water partition coefficient (Wildman–Crippen LogP) is 6.01. The van der Waals surface area contributed by atoms with Crippen LogP contribution in [0.2, 0.25) is 0 Å². The number of alkyl halides is 6. The first kappa shape index (κ1) is 26.5. The maximum atomic E-state index is 13.1. The highest BCUT2D eigenvalue weighted by Crippen LogP contribution is 2.36. The van der Waals surface area contributed by atoms with E-state index in [0.717, 1.165) is 12.1 Å². The van der Waals surface area contributed by atoms with Crippen molar-refractivity contribution in [1.82, 2.24) is 4.90 Å². The Labute approximate surface area is 198 Å². The highest BCUT2D eigenvalue weighted by Gasteiger charge is 2.34. The molecule has 1 atom stereocenters. The topological polar surface area (TPSA) is 77.1 Å². The van der Waals surface area contributed by atoms with Crippen LogP contribution in [0.15, 0.2) is 18.2 Å². The molecule has 2 amide bonds. The number of nitrogens with one attached hydrogen (secondary N) is 1. The van der Waals surface area contributed by atoms with Gasteiger partial charge in [0, 0.05) is 13.0 Å². The molecule has 1 fully saturated rings. The lowest BCUT2D eigenvalue weighted by molar-refractivity contribution is -0.137. The molecule has 0 spiro atoms. The Morgan fingerprint density at radius 3 is 2.41 bits per heavy atom. The molecule has 0 radical (unpaired) electrons. The number of amides is 2. The second-order valence-corrected chi connectivity index (χ2v) is 10.5. The Bertz CT molecular complexity index is 841. The number of hydrogen-bond donors (Lipinski definition) is 1. The van der Waals surface area contributed by atoms with Crippen molar-refractivity contribution in [2.75, 3.05) is 25.0 Å². The van der Waals surface area contributed by atoms with Crippen molar-refractivity contribution in [3.8, 4) is 5.75 Å². The molecular weight excluding hydrogens is 500 g/mol. The summed E-state index contributed by atoms with van der Waals surface area (Å²) >= 11 is 16.5. The second kappa shape index (κ2) is 10.0. The third-order valence-corrected chi connectivity index (χ3v) is 4.33. The van der Waals surface area contributed by atoms with Gasteiger partial charge in [-0.1, -0.05) is 34.8 Å². The fraction of sp³-hybridized carbons (Fsp3) is 0.579. The fourth-order valence-corrected chi connectivity index (χ4v) is 2.86. The van der Waals surface area contributed by atoms with Crippen molar-refractivity contribution in [2.24, 2.45) is 0 Å². The molecule has 2 rings (SSSR count). The number of ether oxygens (including phenoxy) is 3. The molecule has 0 aliphatic carbocycles. The molecule has 1 heterocycles. The zero-order valence-corrected chi connectivity index (χ0v) is 19.7. The normalized spacial score (nSPS) is 17.2.